The predicted molar refractivity (Wildman–Crippen MR) is 72.6 cm³/mol. The average molecular weight is 266 g/mol. The number of ether oxygens (including phenoxy) is 2. The number of epoxide rings is 1. The van der Waals surface area contributed by atoms with Crippen LogP contribution in [-0.2, 0) is 14.3 Å². The molecule has 0 spiro atoms. The molecule has 3 heteroatoms. The van der Waals surface area contributed by atoms with Gasteiger partial charge in [-0.2, -0.15) is 0 Å². The quantitative estimate of drug-likeness (QED) is 0.582. The Kier molecular flexibility index (Phi) is 3.84. The van der Waals surface area contributed by atoms with E-state index in [1.807, 2.05) is 0 Å². The van der Waals surface area contributed by atoms with E-state index in [0.29, 0.717) is 30.7 Å². The summed E-state index contributed by atoms with van der Waals surface area (Å²) in [7, 11) is 0. The van der Waals surface area contributed by atoms with Gasteiger partial charge in [-0.05, 0) is 56.3 Å². The first-order chi connectivity index (χ1) is 9.13. The molecule has 108 valence electrons. The van der Waals surface area contributed by atoms with Gasteiger partial charge in [0.2, 0.25) is 0 Å². The maximum Gasteiger partial charge on any atom is 0.308 e. The van der Waals surface area contributed by atoms with Gasteiger partial charge in [0.25, 0.3) is 0 Å². The van der Waals surface area contributed by atoms with E-state index in [1.54, 1.807) is 0 Å². The third kappa shape index (κ3) is 3.13. The summed E-state index contributed by atoms with van der Waals surface area (Å²) in [6.07, 6.45) is 7.61. The van der Waals surface area contributed by atoms with Crippen molar-refractivity contribution in [3.05, 3.63) is 0 Å². The van der Waals surface area contributed by atoms with Gasteiger partial charge in [-0.1, -0.05) is 13.8 Å². The lowest BCUT2D eigenvalue weighted by Crippen LogP contribution is -2.30. The van der Waals surface area contributed by atoms with Crippen LogP contribution in [0.5, 0.6) is 0 Å². The molecule has 19 heavy (non-hydrogen) atoms. The number of carbonyl (C=O) groups is 1. The van der Waals surface area contributed by atoms with Gasteiger partial charge >= 0.3 is 5.97 Å². The zero-order chi connectivity index (χ0) is 13.4. The normalized spacial score (nSPS) is 45.4. The third-order valence-corrected chi connectivity index (χ3v) is 5.42. The van der Waals surface area contributed by atoms with Crippen molar-refractivity contribution in [2.75, 3.05) is 6.61 Å². The Morgan fingerprint density at radius 1 is 1.11 bits per heavy atom. The second-order valence-electron chi connectivity index (χ2n) is 7.01. The zero-order valence-electron chi connectivity index (χ0n) is 12.1. The highest BCUT2D eigenvalue weighted by Gasteiger charge is 2.47. The van der Waals surface area contributed by atoms with Gasteiger partial charge in [-0.3, -0.25) is 4.79 Å². The minimum atomic E-state index is 0.0536. The van der Waals surface area contributed by atoms with Gasteiger partial charge in [0.15, 0.2) is 0 Å². The average Bonchev–Trinajstić information content (AvgIpc) is 3.14. The van der Waals surface area contributed by atoms with E-state index < -0.39 is 0 Å². The molecule has 1 heterocycles. The zero-order valence-corrected chi connectivity index (χ0v) is 12.1. The molecule has 2 aliphatic carbocycles. The molecule has 1 aliphatic heterocycles. The highest BCUT2D eigenvalue weighted by Crippen LogP contribution is 2.42. The number of hydrogen-bond donors (Lipinski definition) is 0. The summed E-state index contributed by atoms with van der Waals surface area (Å²) in [6, 6.07) is 0. The summed E-state index contributed by atoms with van der Waals surface area (Å²) >= 11 is 0. The molecule has 2 saturated carbocycles. The Morgan fingerprint density at radius 2 is 1.79 bits per heavy atom. The fraction of sp³-hybridized carbons (Fsp3) is 0.938. The second kappa shape index (κ2) is 5.43. The van der Waals surface area contributed by atoms with Crippen molar-refractivity contribution in [2.24, 2.45) is 23.7 Å². The summed E-state index contributed by atoms with van der Waals surface area (Å²) in [4.78, 5) is 12.1. The molecule has 0 bridgehead atoms. The van der Waals surface area contributed by atoms with Crippen LogP contribution in [0.15, 0.2) is 0 Å². The van der Waals surface area contributed by atoms with E-state index in [9.17, 15) is 4.79 Å². The van der Waals surface area contributed by atoms with Crippen molar-refractivity contribution in [1.29, 1.82) is 0 Å². The van der Waals surface area contributed by atoms with E-state index in [0.717, 1.165) is 31.6 Å². The number of carbonyl (C=O) groups excluding carboxylic acids is 1. The lowest BCUT2D eigenvalue weighted by atomic mass is 9.81. The number of fused-ring (bicyclic) bond motifs is 1. The summed E-state index contributed by atoms with van der Waals surface area (Å²) in [6.45, 7) is 5.15. The van der Waals surface area contributed by atoms with E-state index in [1.165, 1.54) is 12.8 Å². The fourth-order valence-corrected chi connectivity index (χ4v) is 3.72. The monoisotopic (exact) mass is 266 g/mol. The predicted octanol–water partition coefficient (Wildman–Crippen LogP) is 3.17. The Morgan fingerprint density at radius 3 is 2.53 bits per heavy atom. The van der Waals surface area contributed by atoms with Crippen LogP contribution >= 0.6 is 0 Å². The Bertz CT molecular complexity index is 333. The lowest BCUT2D eigenvalue weighted by molar-refractivity contribution is -0.152. The van der Waals surface area contributed by atoms with Crippen molar-refractivity contribution in [1.82, 2.24) is 0 Å². The Labute approximate surface area is 116 Å². The van der Waals surface area contributed by atoms with Crippen molar-refractivity contribution >= 4 is 5.97 Å². The van der Waals surface area contributed by atoms with Crippen LogP contribution in [0.25, 0.3) is 0 Å². The van der Waals surface area contributed by atoms with Crippen LogP contribution < -0.4 is 0 Å². The van der Waals surface area contributed by atoms with Crippen LogP contribution in [0.4, 0.5) is 0 Å². The SMILES string of the molecule is CC1CCC(C(=O)OCC2CC3OC3CC2C)CC1. The molecule has 3 fully saturated rings. The first-order valence-corrected chi connectivity index (χ1v) is 7.95. The highest BCUT2D eigenvalue weighted by atomic mass is 16.6. The minimum absolute atomic E-state index is 0.0536. The molecule has 0 aromatic heterocycles. The number of esters is 1. The van der Waals surface area contributed by atoms with Crippen LogP contribution in [0, 0.1) is 23.7 Å². The molecule has 3 rings (SSSR count). The largest absolute Gasteiger partial charge is 0.465 e. The molecule has 0 aromatic rings. The third-order valence-electron chi connectivity index (χ3n) is 5.42. The maximum absolute atomic E-state index is 12.1. The topological polar surface area (TPSA) is 38.8 Å². The van der Waals surface area contributed by atoms with Gasteiger partial charge in [-0.15, -0.1) is 0 Å². The van der Waals surface area contributed by atoms with Crippen LogP contribution in [-0.4, -0.2) is 24.8 Å². The Hall–Kier alpha value is -0.570. The molecular weight excluding hydrogens is 240 g/mol. The van der Waals surface area contributed by atoms with Crippen molar-refractivity contribution in [3.8, 4) is 0 Å². The maximum atomic E-state index is 12.1. The van der Waals surface area contributed by atoms with Crippen LogP contribution in [0.2, 0.25) is 0 Å². The molecule has 3 aliphatic rings. The van der Waals surface area contributed by atoms with Crippen molar-refractivity contribution < 1.29 is 14.3 Å². The van der Waals surface area contributed by atoms with Crippen LogP contribution in [0.3, 0.4) is 0 Å². The first kappa shape index (κ1) is 13.4. The molecule has 4 atom stereocenters. The standard InChI is InChI=1S/C16H26O3/c1-10-3-5-12(6-4-10)16(17)18-9-13-8-15-14(19-15)7-11(13)2/h10-15H,3-9H2,1-2H3. The molecule has 0 N–H and O–H groups in total. The molecule has 3 nitrogen and oxygen atoms in total. The smallest absolute Gasteiger partial charge is 0.308 e. The van der Waals surface area contributed by atoms with Crippen molar-refractivity contribution in [3.63, 3.8) is 0 Å². The van der Waals surface area contributed by atoms with E-state index in [-0.39, 0.29) is 11.9 Å². The summed E-state index contributed by atoms with van der Waals surface area (Å²) in [5.74, 6) is 2.14. The van der Waals surface area contributed by atoms with Crippen LogP contribution in [0.1, 0.15) is 52.4 Å². The van der Waals surface area contributed by atoms with Gasteiger partial charge < -0.3 is 9.47 Å². The summed E-state index contributed by atoms with van der Waals surface area (Å²) in [5, 5.41) is 0. The van der Waals surface area contributed by atoms with Gasteiger partial charge in [-0.25, -0.2) is 0 Å². The van der Waals surface area contributed by atoms with E-state index in [4.69, 9.17) is 9.47 Å². The second-order valence-corrected chi connectivity index (χ2v) is 7.01. The minimum Gasteiger partial charge on any atom is -0.465 e. The number of hydrogen-bond acceptors (Lipinski definition) is 3. The van der Waals surface area contributed by atoms with E-state index >= 15 is 0 Å². The van der Waals surface area contributed by atoms with Gasteiger partial charge in [0.1, 0.15) is 0 Å². The number of rotatable bonds is 3. The molecule has 1 saturated heterocycles. The summed E-state index contributed by atoms with van der Waals surface area (Å²) < 4.78 is 11.2. The van der Waals surface area contributed by atoms with Crippen molar-refractivity contribution in [2.45, 2.75) is 64.6 Å². The lowest BCUT2D eigenvalue weighted by Gasteiger charge is -2.28. The Balaban J connectivity index is 1.42. The fourth-order valence-electron chi connectivity index (χ4n) is 3.72. The molecule has 4 unspecified atom stereocenters. The molecule has 0 amide bonds. The first-order valence-electron chi connectivity index (χ1n) is 7.95. The highest BCUT2D eigenvalue weighted by molar-refractivity contribution is 5.72. The molecular formula is C16H26O3. The van der Waals surface area contributed by atoms with Gasteiger partial charge in [0.05, 0.1) is 24.7 Å². The molecule has 0 radical (unpaired) electrons. The summed E-state index contributed by atoms with van der Waals surface area (Å²) in [5.41, 5.74) is 0. The van der Waals surface area contributed by atoms with Gasteiger partial charge in [0, 0.05) is 0 Å². The molecule has 0 aromatic carbocycles. The van der Waals surface area contributed by atoms with E-state index in [2.05, 4.69) is 13.8 Å².